The molecule has 4 nitrogen and oxygen atoms in total. The Morgan fingerprint density at radius 2 is 1.95 bits per heavy atom. The van der Waals surface area contributed by atoms with Crippen molar-refractivity contribution in [1.29, 1.82) is 0 Å². The highest BCUT2D eigenvalue weighted by Gasteiger charge is 2.49. The molecule has 0 aromatic carbocycles. The monoisotopic (exact) mass is 281 g/mol. The van der Waals surface area contributed by atoms with Gasteiger partial charge in [0.25, 0.3) is 0 Å². The number of aryl methyl sites for hydroxylation is 1. The predicted octanol–water partition coefficient (Wildman–Crippen LogP) is 1.88. The van der Waals surface area contributed by atoms with Crippen LogP contribution in [0.2, 0.25) is 11.6 Å². The highest BCUT2D eigenvalue weighted by Crippen LogP contribution is 2.36. The summed E-state index contributed by atoms with van der Waals surface area (Å²) in [6.07, 6.45) is 0.407. The lowest BCUT2D eigenvalue weighted by molar-refractivity contribution is 0.153. The second-order valence-corrected chi connectivity index (χ2v) is 11.4. The third-order valence-corrected chi connectivity index (χ3v) is 9.25. The van der Waals surface area contributed by atoms with Gasteiger partial charge in [0, 0.05) is 11.9 Å². The van der Waals surface area contributed by atoms with E-state index in [9.17, 15) is 10.0 Å². The number of hydrogen-bond donors (Lipinski definition) is 2. The molecule has 1 heterocycles. The Labute approximate surface area is 116 Å². The standard InChI is InChI=1S/C13H24BNO3Si/c1-11-7-6-8-12(15-11)9-18-10-19(5,14(16)17)13(2,3)4/h6-8,16-17H,9-10H2,1-5H3. The van der Waals surface area contributed by atoms with Crippen molar-refractivity contribution in [1.82, 2.24) is 4.98 Å². The van der Waals surface area contributed by atoms with E-state index < -0.39 is 14.7 Å². The van der Waals surface area contributed by atoms with Crippen LogP contribution in [0.15, 0.2) is 18.2 Å². The molecule has 0 aliphatic carbocycles. The lowest BCUT2D eigenvalue weighted by Crippen LogP contribution is -2.59. The molecule has 1 atom stereocenters. The maximum atomic E-state index is 9.67. The van der Waals surface area contributed by atoms with Crippen molar-refractivity contribution in [2.24, 2.45) is 0 Å². The van der Waals surface area contributed by atoms with Crippen molar-refractivity contribution in [2.45, 2.75) is 45.9 Å². The van der Waals surface area contributed by atoms with Crippen LogP contribution in [0.5, 0.6) is 0 Å². The van der Waals surface area contributed by atoms with Crippen LogP contribution in [0.25, 0.3) is 0 Å². The average Bonchev–Trinajstić information content (AvgIpc) is 2.27. The topological polar surface area (TPSA) is 62.6 Å². The largest absolute Gasteiger partial charge is 0.430 e. The van der Waals surface area contributed by atoms with Gasteiger partial charge in [-0.15, -0.1) is 0 Å². The molecule has 1 aromatic heterocycles. The van der Waals surface area contributed by atoms with Gasteiger partial charge in [0.1, 0.15) is 7.94 Å². The molecule has 1 unspecified atom stereocenters. The Kier molecular flexibility index (Phi) is 5.32. The van der Waals surface area contributed by atoms with Gasteiger partial charge in [-0.3, -0.25) is 4.98 Å². The number of hydrogen-bond acceptors (Lipinski definition) is 4. The first-order chi connectivity index (χ1) is 8.67. The van der Waals surface area contributed by atoms with Gasteiger partial charge in [-0.1, -0.05) is 33.4 Å². The minimum absolute atomic E-state index is 0.138. The SMILES string of the molecule is Cc1cccc(COC[Si](C)(B(O)O)C(C)(C)C)n1. The summed E-state index contributed by atoms with van der Waals surface area (Å²) in [7, 11) is -2.33. The van der Waals surface area contributed by atoms with E-state index in [1.54, 1.807) is 0 Å². The van der Waals surface area contributed by atoms with E-state index in [-0.39, 0.29) is 5.04 Å². The summed E-state index contributed by atoms with van der Waals surface area (Å²) in [6, 6.07) is 5.80. The summed E-state index contributed by atoms with van der Waals surface area (Å²) in [6.45, 7) is 9.13. The Bertz CT molecular complexity index is 423. The lowest BCUT2D eigenvalue weighted by Gasteiger charge is -2.38. The maximum absolute atomic E-state index is 9.67. The molecule has 0 saturated carbocycles. The van der Waals surface area contributed by atoms with E-state index >= 15 is 0 Å². The molecule has 6 heteroatoms. The number of nitrogens with zero attached hydrogens (tertiary/aromatic N) is 1. The Morgan fingerprint density at radius 3 is 2.42 bits per heavy atom. The van der Waals surface area contributed by atoms with Crippen LogP contribution in [-0.2, 0) is 11.3 Å². The predicted molar refractivity (Wildman–Crippen MR) is 80.2 cm³/mol. The zero-order chi connectivity index (χ0) is 14.7. The smallest absolute Gasteiger partial charge is 0.430 e. The minimum atomic E-state index is -2.33. The van der Waals surface area contributed by atoms with Gasteiger partial charge in [-0.25, -0.2) is 0 Å². The van der Waals surface area contributed by atoms with E-state index in [0.29, 0.717) is 12.8 Å². The van der Waals surface area contributed by atoms with Gasteiger partial charge in [-0.2, -0.15) is 0 Å². The summed E-state index contributed by atoms with van der Waals surface area (Å²) in [5.41, 5.74) is 1.83. The molecule has 1 rings (SSSR count). The van der Waals surface area contributed by atoms with Crippen LogP contribution in [0, 0.1) is 6.92 Å². The highest BCUT2D eigenvalue weighted by molar-refractivity contribution is 7.28. The number of ether oxygens (including phenoxy) is 1. The van der Waals surface area contributed by atoms with Crippen LogP contribution < -0.4 is 0 Å². The molecule has 1 aromatic rings. The second-order valence-electron chi connectivity index (χ2n) is 6.30. The molecule has 0 aliphatic heterocycles. The zero-order valence-electron chi connectivity index (χ0n) is 12.5. The molecule has 0 aliphatic rings. The van der Waals surface area contributed by atoms with Crippen LogP contribution in [0.1, 0.15) is 32.2 Å². The van der Waals surface area contributed by atoms with Gasteiger partial charge >= 0.3 is 6.71 Å². The summed E-state index contributed by atoms with van der Waals surface area (Å²) >= 11 is 0. The normalized spacial score (nSPS) is 15.1. The van der Waals surface area contributed by atoms with Crippen LogP contribution in [0.4, 0.5) is 0 Å². The van der Waals surface area contributed by atoms with Crippen LogP contribution in [0.3, 0.4) is 0 Å². The molecule has 2 N–H and O–H groups in total. The fraction of sp³-hybridized carbons (Fsp3) is 0.615. The molecule has 0 saturated heterocycles. The summed E-state index contributed by atoms with van der Waals surface area (Å²) in [5.74, 6) is 0. The first-order valence-electron chi connectivity index (χ1n) is 6.53. The molecule has 0 radical (unpaired) electrons. The fourth-order valence-corrected chi connectivity index (χ4v) is 3.61. The summed E-state index contributed by atoms with van der Waals surface area (Å²) in [4.78, 5) is 4.37. The van der Waals surface area contributed by atoms with E-state index in [2.05, 4.69) is 4.98 Å². The zero-order valence-corrected chi connectivity index (χ0v) is 13.5. The van der Waals surface area contributed by atoms with Crippen molar-refractivity contribution < 1.29 is 14.8 Å². The van der Waals surface area contributed by atoms with Gasteiger partial charge in [0.05, 0.1) is 12.3 Å². The fourth-order valence-electron chi connectivity index (χ4n) is 1.73. The Morgan fingerprint density at radius 1 is 1.32 bits per heavy atom. The molecule has 0 bridgehead atoms. The molecular formula is C13H24BNO3Si. The molecular weight excluding hydrogens is 257 g/mol. The van der Waals surface area contributed by atoms with Crippen molar-refractivity contribution in [2.75, 3.05) is 6.23 Å². The number of aromatic nitrogens is 1. The number of pyridine rings is 1. The molecule has 0 spiro atoms. The summed E-state index contributed by atoms with van der Waals surface area (Å²) < 4.78 is 5.71. The molecule has 106 valence electrons. The first-order valence-corrected chi connectivity index (χ1v) is 9.32. The third kappa shape index (κ3) is 4.14. The quantitative estimate of drug-likeness (QED) is 0.809. The van der Waals surface area contributed by atoms with Gasteiger partial charge in [-0.05, 0) is 24.1 Å². The average molecular weight is 281 g/mol. The van der Waals surface area contributed by atoms with E-state index in [0.717, 1.165) is 11.4 Å². The van der Waals surface area contributed by atoms with Crippen molar-refractivity contribution >= 4 is 14.7 Å². The van der Waals surface area contributed by atoms with Crippen LogP contribution >= 0.6 is 0 Å². The maximum Gasteiger partial charge on any atom is 0.430 e. The van der Waals surface area contributed by atoms with Gasteiger partial charge < -0.3 is 14.8 Å². The second kappa shape index (κ2) is 6.18. The van der Waals surface area contributed by atoms with Gasteiger partial charge in [0.15, 0.2) is 0 Å². The molecule has 0 amide bonds. The van der Waals surface area contributed by atoms with Crippen molar-refractivity contribution in [3.63, 3.8) is 0 Å². The van der Waals surface area contributed by atoms with Crippen LogP contribution in [-0.4, -0.2) is 35.9 Å². The molecule has 19 heavy (non-hydrogen) atoms. The van der Waals surface area contributed by atoms with E-state index in [4.69, 9.17) is 4.74 Å². The number of rotatable bonds is 5. The van der Waals surface area contributed by atoms with Crippen molar-refractivity contribution in [3.05, 3.63) is 29.6 Å². The van der Waals surface area contributed by atoms with Gasteiger partial charge in [0.2, 0.25) is 0 Å². The lowest BCUT2D eigenvalue weighted by atomic mass is 10.2. The Balaban J connectivity index is 2.64. The minimum Gasteiger partial charge on any atom is -0.430 e. The van der Waals surface area contributed by atoms with Crippen molar-refractivity contribution in [3.8, 4) is 0 Å². The summed E-state index contributed by atoms with van der Waals surface area (Å²) in [5, 5.41) is 19.2. The third-order valence-electron chi connectivity index (χ3n) is 3.88. The molecule has 0 fully saturated rings. The van der Waals surface area contributed by atoms with E-state index in [1.165, 1.54) is 0 Å². The van der Waals surface area contributed by atoms with E-state index in [1.807, 2.05) is 52.4 Å². The Hall–Kier alpha value is -0.688. The highest BCUT2D eigenvalue weighted by atomic mass is 28.3. The first kappa shape index (κ1) is 16.4.